The number of ether oxygens (including phenoxy) is 2. The molecule has 1 atom stereocenters. The Kier molecular flexibility index (Phi) is 5.61. The van der Waals surface area contributed by atoms with Crippen LogP contribution in [0.1, 0.15) is 17.2 Å². The fourth-order valence-corrected chi connectivity index (χ4v) is 3.33. The van der Waals surface area contributed by atoms with Crippen molar-refractivity contribution in [3.05, 3.63) is 84.1 Å². The molecular weight excluding hydrogens is 382 g/mol. The Morgan fingerprint density at radius 3 is 2.67 bits per heavy atom. The summed E-state index contributed by atoms with van der Waals surface area (Å²) in [7, 11) is 1.58. The third-order valence-corrected chi connectivity index (χ3v) is 4.81. The molecule has 0 radical (unpaired) electrons. The average molecular weight is 403 g/mol. The number of methoxy groups -OCH3 is 1. The molecule has 2 amide bonds. The lowest BCUT2D eigenvalue weighted by molar-refractivity contribution is -0.129. The maximum absolute atomic E-state index is 13.2. The second-order valence-electron chi connectivity index (χ2n) is 6.75. The van der Waals surface area contributed by atoms with Gasteiger partial charge in [-0.25, -0.2) is 4.98 Å². The Labute approximate surface area is 174 Å². The van der Waals surface area contributed by atoms with Gasteiger partial charge in [-0.05, 0) is 18.2 Å². The Hall–Kier alpha value is -3.87. The summed E-state index contributed by atoms with van der Waals surface area (Å²) in [5.41, 5.74) is 1.57. The van der Waals surface area contributed by atoms with Crippen molar-refractivity contribution in [3.8, 4) is 11.5 Å². The van der Waals surface area contributed by atoms with E-state index in [1.54, 1.807) is 25.4 Å². The maximum atomic E-state index is 13.2. The molecule has 2 aromatic carbocycles. The highest BCUT2D eigenvalue weighted by Gasteiger charge is 2.37. The first kappa shape index (κ1) is 19.4. The predicted molar refractivity (Wildman–Crippen MR) is 111 cm³/mol. The fourth-order valence-electron chi connectivity index (χ4n) is 3.33. The van der Waals surface area contributed by atoms with Gasteiger partial charge in [-0.1, -0.05) is 48.5 Å². The molecule has 2 heterocycles. The number of carbonyl (C=O) groups is 2. The van der Waals surface area contributed by atoms with Gasteiger partial charge in [0.15, 0.2) is 11.6 Å². The zero-order valence-corrected chi connectivity index (χ0v) is 16.4. The van der Waals surface area contributed by atoms with Crippen molar-refractivity contribution < 1.29 is 19.1 Å². The van der Waals surface area contributed by atoms with Crippen LogP contribution in [0.4, 0.5) is 5.82 Å². The molecule has 0 fully saturated rings. The summed E-state index contributed by atoms with van der Waals surface area (Å²) < 4.78 is 11.2. The number of benzene rings is 2. The quantitative estimate of drug-likeness (QED) is 0.685. The van der Waals surface area contributed by atoms with Crippen LogP contribution in [0.2, 0.25) is 0 Å². The van der Waals surface area contributed by atoms with Crippen molar-refractivity contribution in [1.29, 1.82) is 0 Å². The van der Waals surface area contributed by atoms with Crippen LogP contribution in [0, 0.1) is 0 Å². The first-order valence-electron chi connectivity index (χ1n) is 9.54. The molecular formula is C23H21N3O4. The largest absolute Gasteiger partial charge is 0.496 e. The molecule has 7 heteroatoms. The van der Waals surface area contributed by atoms with Crippen LogP contribution in [-0.2, 0) is 16.1 Å². The van der Waals surface area contributed by atoms with Gasteiger partial charge in [-0.2, -0.15) is 0 Å². The van der Waals surface area contributed by atoms with Gasteiger partial charge >= 0.3 is 0 Å². The summed E-state index contributed by atoms with van der Waals surface area (Å²) in [5.74, 6) is 0.849. The van der Waals surface area contributed by atoms with Crippen molar-refractivity contribution in [1.82, 2.24) is 10.3 Å². The zero-order chi connectivity index (χ0) is 20.9. The van der Waals surface area contributed by atoms with E-state index in [4.69, 9.17) is 9.47 Å². The first-order chi connectivity index (χ1) is 14.7. The van der Waals surface area contributed by atoms with Crippen LogP contribution in [0.5, 0.6) is 11.5 Å². The van der Waals surface area contributed by atoms with Crippen molar-refractivity contribution in [2.24, 2.45) is 0 Å². The molecule has 1 N–H and O–H groups in total. The highest BCUT2D eigenvalue weighted by Crippen LogP contribution is 2.36. The van der Waals surface area contributed by atoms with E-state index in [1.165, 1.54) is 4.90 Å². The number of hydrogen-bond donors (Lipinski definition) is 1. The molecule has 1 aliphatic rings. The second-order valence-corrected chi connectivity index (χ2v) is 6.75. The normalized spacial score (nSPS) is 15.2. The average Bonchev–Trinajstić information content (AvgIpc) is 2.80. The van der Waals surface area contributed by atoms with Gasteiger partial charge in [0.1, 0.15) is 12.3 Å². The topological polar surface area (TPSA) is 80.8 Å². The lowest BCUT2D eigenvalue weighted by Crippen LogP contribution is -2.46. The number of rotatable bonds is 6. The summed E-state index contributed by atoms with van der Waals surface area (Å²) in [6.45, 7) is 0.128. The number of hydrogen-bond acceptors (Lipinski definition) is 5. The van der Waals surface area contributed by atoms with Gasteiger partial charge in [0.05, 0.1) is 7.11 Å². The van der Waals surface area contributed by atoms with E-state index in [-0.39, 0.29) is 18.4 Å². The van der Waals surface area contributed by atoms with Crippen molar-refractivity contribution in [2.45, 2.75) is 12.6 Å². The van der Waals surface area contributed by atoms with E-state index in [0.717, 1.165) is 11.1 Å². The molecule has 1 aromatic heterocycles. The van der Waals surface area contributed by atoms with Crippen LogP contribution in [0.3, 0.4) is 0 Å². The summed E-state index contributed by atoms with van der Waals surface area (Å²) in [5, 5.41) is 2.85. The molecule has 3 aromatic rings. The second kappa shape index (κ2) is 8.65. The van der Waals surface area contributed by atoms with Gasteiger partial charge in [0.25, 0.3) is 5.91 Å². The number of para-hydroxylation sites is 1. The Morgan fingerprint density at radius 1 is 1.10 bits per heavy atom. The Morgan fingerprint density at radius 2 is 1.87 bits per heavy atom. The van der Waals surface area contributed by atoms with Gasteiger partial charge < -0.3 is 14.8 Å². The molecule has 0 aliphatic carbocycles. The van der Waals surface area contributed by atoms with E-state index in [0.29, 0.717) is 23.9 Å². The third kappa shape index (κ3) is 3.96. The number of pyridine rings is 1. The number of carbonyl (C=O) groups excluding carboxylic acids is 2. The highest BCUT2D eigenvalue weighted by atomic mass is 16.5. The Balaban J connectivity index is 1.53. The lowest BCUT2D eigenvalue weighted by atomic mass is 10.1. The smallest absolute Gasteiger partial charge is 0.274 e. The Bertz CT molecular complexity index is 1060. The molecule has 7 nitrogen and oxygen atoms in total. The van der Waals surface area contributed by atoms with Gasteiger partial charge in [-0.3, -0.25) is 14.5 Å². The summed E-state index contributed by atoms with van der Waals surface area (Å²) in [4.78, 5) is 31.5. The molecule has 30 heavy (non-hydrogen) atoms. The molecule has 0 spiro atoms. The number of aromatic nitrogens is 1. The zero-order valence-electron chi connectivity index (χ0n) is 16.4. The number of fused-ring (bicyclic) bond motifs is 1. The number of anilines is 1. The van der Waals surface area contributed by atoms with Crippen molar-refractivity contribution in [2.75, 3.05) is 18.6 Å². The number of nitrogens with zero attached hydrogens (tertiary/aromatic N) is 2. The van der Waals surface area contributed by atoms with E-state index >= 15 is 0 Å². The minimum absolute atomic E-state index is 0.162. The first-order valence-corrected chi connectivity index (χ1v) is 9.54. The number of nitrogens with one attached hydrogen (secondary N) is 1. The van der Waals surface area contributed by atoms with Gasteiger partial charge in [0, 0.05) is 23.9 Å². The van der Waals surface area contributed by atoms with Crippen LogP contribution in [0.25, 0.3) is 0 Å². The van der Waals surface area contributed by atoms with Crippen molar-refractivity contribution >= 4 is 17.6 Å². The van der Waals surface area contributed by atoms with Gasteiger partial charge in [0.2, 0.25) is 12.0 Å². The van der Waals surface area contributed by atoms with Crippen LogP contribution >= 0.6 is 0 Å². The SMILES string of the molecule is COc1ccccc1CNC(=O)CN1C(=O)[C@@H](c2ccccc2)Oc2cccnc21. The van der Waals surface area contributed by atoms with E-state index in [1.807, 2.05) is 54.6 Å². The molecule has 1 aliphatic heterocycles. The molecule has 0 bridgehead atoms. The molecule has 0 saturated heterocycles. The lowest BCUT2D eigenvalue weighted by Gasteiger charge is -2.33. The predicted octanol–water partition coefficient (Wildman–Crippen LogP) is 2.87. The minimum atomic E-state index is -0.829. The third-order valence-electron chi connectivity index (χ3n) is 4.81. The molecule has 0 unspecified atom stereocenters. The standard InChI is InChI=1S/C23H21N3O4/c1-29-18-11-6-5-10-17(18)14-25-20(27)15-26-22-19(12-7-13-24-22)30-21(23(26)28)16-8-3-2-4-9-16/h2-13,21H,14-15H2,1H3,(H,25,27)/t21-/m1/s1. The van der Waals surface area contributed by atoms with Crippen LogP contribution in [0.15, 0.2) is 72.9 Å². The molecule has 0 saturated carbocycles. The fraction of sp³-hybridized carbons (Fsp3) is 0.174. The summed E-state index contributed by atoms with van der Waals surface area (Å²) >= 11 is 0. The van der Waals surface area contributed by atoms with E-state index < -0.39 is 6.10 Å². The monoisotopic (exact) mass is 403 g/mol. The van der Waals surface area contributed by atoms with Crippen LogP contribution in [-0.4, -0.2) is 30.5 Å². The summed E-state index contributed by atoms with van der Waals surface area (Å²) in [6, 6.07) is 20.1. The highest BCUT2D eigenvalue weighted by molar-refractivity contribution is 6.03. The molecule has 152 valence electrons. The van der Waals surface area contributed by atoms with E-state index in [2.05, 4.69) is 10.3 Å². The van der Waals surface area contributed by atoms with E-state index in [9.17, 15) is 9.59 Å². The molecule has 4 rings (SSSR count). The van der Waals surface area contributed by atoms with Crippen molar-refractivity contribution in [3.63, 3.8) is 0 Å². The number of amides is 2. The summed E-state index contributed by atoms with van der Waals surface area (Å²) in [6.07, 6.45) is 0.739. The van der Waals surface area contributed by atoms with Crippen LogP contribution < -0.4 is 19.7 Å². The minimum Gasteiger partial charge on any atom is -0.496 e. The van der Waals surface area contributed by atoms with Gasteiger partial charge in [-0.15, -0.1) is 0 Å². The maximum Gasteiger partial charge on any atom is 0.274 e.